The molecule has 0 bridgehead atoms. The van der Waals surface area contributed by atoms with Crippen molar-refractivity contribution in [1.29, 1.82) is 0 Å². The largest absolute Gasteiger partial charge is 0.337 e. The van der Waals surface area contributed by atoms with E-state index in [9.17, 15) is 4.79 Å². The van der Waals surface area contributed by atoms with Gasteiger partial charge in [-0.2, -0.15) is 0 Å². The van der Waals surface area contributed by atoms with Gasteiger partial charge in [0, 0.05) is 25.0 Å². The van der Waals surface area contributed by atoms with Gasteiger partial charge in [0.1, 0.15) is 0 Å². The molecule has 1 aromatic carbocycles. The summed E-state index contributed by atoms with van der Waals surface area (Å²) in [6.07, 6.45) is 5.95. The Morgan fingerprint density at radius 2 is 1.79 bits per heavy atom. The minimum Gasteiger partial charge on any atom is -0.337 e. The molecule has 1 aromatic rings. The molecular weight excluding hydrogens is 236 g/mol. The van der Waals surface area contributed by atoms with E-state index < -0.39 is 0 Å². The molecule has 0 unspecified atom stereocenters. The van der Waals surface area contributed by atoms with Crippen LogP contribution in [0, 0.1) is 0 Å². The summed E-state index contributed by atoms with van der Waals surface area (Å²) in [6.45, 7) is 2.63. The third kappa shape index (κ3) is 2.75. The highest BCUT2D eigenvalue weighted by molar-refractivity contribution is 5.74. The molecule has 2 aliphatic rings. The van der Waals surface area contributed by atoms with Crippen LogP contribution in [0.5, 0.6) is 0 Å². The fourth-order valence-electron chi connectivity index (χ4n) is 2.96. The number of hydrogen-bond donors (Lipinski definition) is 1. The predicted octanol–water partition coefficient (Wildman–Crippen LogP) is 2.91. The van der Waals surface area contributed by atoms with Gasteiger partial charge in [0.25, 0.3) is 0 Å². The molecule has 2 fully saturated rings. The van der Waals surface area contributed by atoms with Crippen LogP contribution < -0.4 is 5.32 Å². The predicted molar refractivity (Wildman–Crippen MR) is 76.2 cm³/mol. The first-order valence-corrected chi connectivity index (χ1v) is 7.39. The minimum absolute atomic E-state index is 0.127. The van der Waals surface area contributed by atoms with Crippen LogP contribution in [0.1, 0.15) is 37.7 Å². The van der Waals surface area contributed by atoms with Crippen molar-refractivity contribution in [2.24, 2.45) is 0 Å². The number of hydrogen-bond acceptors (Lipinski definition) is 1. The normalized spacial score (nSPS) is 20.9. The summed E-state index contributed by atoms with van der Waals surface area (Å²) in [6, 6.07) is 10.7. The Labute approximate surface area is 115 Å². The van der Waals surface area contributed by atoms with Gasteiger partial charge in [-0.05, 0) is 37.7 Å². The quantitative estimate of drug-likeness (QED) is 0.888. The van der Waals surface area contributed by atoms with E-state index >= 15 is 0 Å². The van der Waals surface area contributed by atoms with E-state index in [4.69, 9.17) is 0 Å². The van der Waals surface area contributed by atoms with Crippen LogP contribution in [0.4, 0.5) is 4.79 Å². The molecule has 1 saturated carbocycles. The molecule has 0 radical (unpaired) electrons. The average molecular weight is 258 g/mol. The van der Waals surface area contributed by atoms with Crippen molar-refractivity contribution in [3.63, 3.8) is 0 Å². The maximum Gasteiger partial charge on any atom is 0.317 e. The SMILES string of the molecule is O=C(NCC1(c2ccccc2)CC1)N1CCCCC1. The smallest absolute Gasteiger partial charge is 0.317 e. The second kappa shape index (κ2) is 5.24. The highest BCUT2D eigenvalue weighted by Gasteiger charge is 2.44. The number of carbonyl (C=O) groups is 1. The molecule has 1 aliphatic carbocycles. The number of rotatable bonds is 3. The van der Waals surface area contributed by atoms with E-state index in [1.54, 1.807) is 0 Å². The fourth-order valence-corrected chi connectivity index (χ4v) is 2.96. The molecule has 19 heavy (non-hydrogen) atoms. The third-order valence-electron chi connectivity index (χ3n) is 4.46. The number of piperidine rings is 1. The number of urea groups is 1. The molecule has 3 rings (SSSR count). The second-order valence-corrected chi connectivity index (χ2v) is 5.85. The van der Waals surface area contributed by atoms with Crippen LogP contribution in [0.25, 0.3) is 0 Å². The summed E-state index contributed by atoms with van der Waals surface area (Å²) < 4.78 is 0. The standard InChI is InChI=1S/C16H22N2O/c19-15(18-11-5-2-6-12-18)17-13-16(9-10-16)14-7-3-1-4-8-14/h1,3-4,7-8H,2,5-6,9-13H2,(H,17,19). The molecule has 0 aromatic heterocycles. The zero-order valence-corrected chi connectivity index (χ0v) is 11.4. The molecule has 102 valence electrons. The van der Waals surface area contributed by atoms with Crippen molar-refractivity contribution < 1.29 is 4.79 Å². The lowest BCUT2D eigenvalue weighted by molar-refractivity contribution is 0.185. The maximum atomic E-state index is 12.1. The summed E-state index contributed by atoms with van der Waals surface area (Å²) >= 11 is 0. The maximum absolute atomic E-state index is 12.1. The fraction of sp³-hybridized carbons (Fsp3) is 0.562. The van der Waals surface area contributed by atoms with Crippen molar-refractivity contribution in [3.8, 4) is 0 Å². The van der Waals surface area contributed by atoms with Gasteiger partial charge >= 0.3 is 6.03 Å². The topological polar surface area (TPSA) is 32.3 Å². The lowest BCUT2D eigenvalue weighted by Gasteiger charge is -2.28. The third-order valence-corrected chi connectivity index (χ3v) is 4.46. The van der Waals surface area contributed by atoms with Gasteiger partial charge in [-0.1, -0.05) is 30.3 Å². The number of amides is 2. The number of benzene rings is 1. The molecule has 3 heteroatoms. The lowest BCUT2D eigenvalue weighted by atomic mass is 9.96. The van der Waals surface area contributed by atoms with Crippen LogP contribution in [-0.4, -0.2) is 30.6 Å². The zero-order chi connectivity index (χ0) is 13.1. The highest BCUT2D eigenvalue weighted by Crippen LogP contribution is 2.47. The van der Waals surface area contributed by atoms with Crippen LogP contribution >= 0.6 is 0 Å². The molecule has 0 spiro atoms. The number of carbonyl (C=O) groups excluding carboxylic acids is 1. The lowest BCUT2D eigenvalue weighted by Crippen LogP contribution is -2.45. The van der Waals surface area contributed by atoms with Crippen LogP contribution in [-0.2, 0) is 5.41 Å². The first-order valence-electron chi connectivity index (χ1n) is 7.39. The Morgan fingerprint density at radius 1 is 1.11 bits per heavy atom. The Hall–Kier alpha value is -1.51. The van der Waals surface area contributed by atoms with Gasteiger partial charge in [-0.15, -0.1) is 0 Å². The van der Waals surface area contributed by atoms with Crippen molar-refractivity contribution in [3.05, 3.63) is 35.9 Å². The average Bonchev–Trinajstić information content (AvgIpc) is 3.28. The van der Waals surface area contributed by atoms with Crippen LogP contribution in [0.2, 0.25) is 0 Å². The van der Waals surface area contributed by atoms with Gasteiger partial charge < -0.3 is 10.2 Å². The number of nitrogens with one attached hydrogen (secondary N) is 1. The summed E-state index contributed by atoms with van der Waals surface area (Å²) in [7, 11) is 0. The monoisotopic (exact) mass is 258 g/mol. The highest BCUT2D eigenvalue weighted by atomic mass is 16.2. The molecule has 1 aliphatic heterocycles. The zero-order valence-electron chi connectivity index (χ0n) is 11.4. The summed E-state index contributed by atoms with van der Waals surface area (Å²) in [5.74, 6) is 0. The molecule has 0 atom stereocenters. The molecule has 2 amide bonds. The molecule has 1 N–H and O–H groups in total. The first-order chi connectivity index (χ1) is 9.30. The molecule has 1 heterocycles. The van der Waals surface area contributed by atoms with Crippen molar-refractivity contribution in [2.45, 2.75) is 37.5 Å². The summed E-state index contributed by atoms with van der Waals surface area (Å²) in [5.41, 5.74) is 1.58. The van der Waals surface area contributed by atoms with E-state index in [2.05, 4.69) is 29.6 Å². The van der Waals surface area contributed by atoms with Gasteiger partial charge in [-0.25, -0.2) is 4.79 Å². The molecular formula is C16H22N2O. The molecule has 3 nitrogen and oxygen atoms in total. The summed E-state index contributed by atoms with van der Waals surface area (Å²) in [4.78, 5) is 14.1. The summed E-state index contributed by atoms with van der Waals surface area (Å²) in [5, 5.41) is 3.14. The van der Waals surface area contributed by atoms with E-state index in [0.717, 1.165) is 32.5 Å². The first kappa shape index (κ1) is 12.5. The molecule has 1 saturated heterocycles. The Kier molecular flexibility index (Phi) is 3.45. The van der Waals surface area contributed by atoms with Gasteiger partial charge in [-0.3, -0.25) is 0 Å². The van der Waals surface area contributed by atoms with Crippen molar-refractivity contribution in [2.75, 3.05) is 19.6 Å². The van der Waals surface area contributed by atoms with Crippen molar-refractivity contribution in [1.82, 2.24) is 10.2 Å². The van der Waals surface area contributed by atoms with Crippen LogP contribution in [0.15, 0.2) is 30.3 Å². The minimum atomic E-state index is 0.127. The second-order valence-electron chi connectivity index (χ2n) is 5.85. The van der Waals surface area contributed by atoms with Crippen molar-refractivity contribution >= 4 is 6.03 Å². The van der Waals surface area contributed by atoms with E-state index in [1.165, 1.54) is 24.8 Å². The Bertz CT molecular complexity index is 433. The Balaban J connectivity index is 1.56. The van der Waals surface area contributed by atoms with Gasteiger partial charge in [0.05, 0.1) is 0 Å². The van der Waals surface area contributed by atoms with Crippen LogP contribution in [0.3, 0.4) is 0 Å². The van der Waals surface area contributed by atoms with E-state index in [-0.39, 0.29) is 11.4 Å². The van der Waals surface area contributed by atoms with Gasteiger partial charge in [0.2, 0.25) is 0 Å². The number of likely N-dealkylation sites (tertiary alicyclic amines) is 1. The van der Waals surface area contributed by atoms with E-state index in [0.29, 0.717) is 0 Å². The van der Waals surface area contributed by atoms with E-state index in [1.807, 2.05) is 11.0 Å². The van der Waals surface area contributed by atoms with Gasteiger partial charge in [0.15, 0.2) is 0 Å². The number of nitrogens with zero attached hydrogens (tertiary/aromatic N) is 1. The Morgan fingerprint density at radius 3 is 2.42 bits per heavy atom.